The van der Waals surface area contributed by atoms with Gasteiger partial charge in [-0.25, -0.2) is 0 Å². The van der Waals surface area contributed by atoms with Crippen molar-refractivity contribution in [1.29, 1.82) is 0 Å². The second kappa shape index (κ2) is 7.78. The van der Waals surface area contributed by atoms with E-state index in [1.165, 1.54) is 14.2 Å². The lowest BCUT2D eigenvalue weighted by Gasteiger charge is -2.45. The molecule has 0 bridgehead atoms. The second-order valence-electron chi connectivity index (χ2n) is 9.76. The SMILES string of the molecule is COc1ccc2c(c1)OC1(CC=C(C)C)C(=O)c3c(cc4c(c3OC)C=CC(C)(C)O4)OC21OC. The lowest BCUT2D eigenvalue weighted by atomic mass is 9.76. The highest BCUT2D eigenvalue weighted by Crippen LogP contribution is 2.60. The third kappa shape index (κ3) is 3.18. The van der Waals surface area contributed by atoms with Gasteiger partial charge in [-0.05, 0) is 52.0 Å². The molecule has 3 aliphatic rings. The average Bonchev–Trinajstić information content (AvgIpc) is 3.11. The molecule has 0 saturated carbocycles. The number of carbonyl (C=O) groups is 1. The fourth-order valence-corrected chi connectivity index (χ4v) is 5.06. The number of hydrogen-bond acceptors (Lipinski definition) is 7. The molecule has 7 nitrogen and oxygen atoms in total. The minimum Gasteiger partial charge on any atom is -0.497 e. The molecular weight excluding hydrogens is 448 g/mol. The highest BCUT2D eigenvalue weighted by molar-refractivity contribution is 6.11. The topological polar surface area (TPSA) is 72.5 Å². The normalized spacial score (nSPS) is 24.6. The third-order valence-corrected chi connectivity index (χ3v) is 6.77. The van der Waals surface area contributed by atoms with E-state index in [2.05, 4.69) is 0 Å². The summed E-state index contributed by atoms with van der Waals surface area (Å²) in [7, 11) is 4.64. The van der Waals surface area contributed by atoms with Crippen molar-refractivity contribution in [3.05, 3.63) is 58.7 Å². The summed E-state index contributed by atoms with van der Waals surface area (Å²) in [4.78, 5) is 14.5. The quantitative estimate of drug-likeness (QED) is 0.529. The Bertz CT molecular complexity index is 1280. The average molecular weight is 479 g/mol. The summed E-state index contributed by atoms with van der Waals surface area (Å²) < 4.78 is 36.6. The molecule has 0 aromatic heterocycles. The van der Waals surface area contributed by atoms with Crippen LogP contribution in [0.4, 0.5) is 0 Å². The first-order valence-electron chi connectivity index (χ1n) is 11.5. The molecule has 0 fully saturated rings. The Morgan fingerprint density at radius 3 is 2.40 bits per heavy atom. The number of allylic oxidation sites excluding steroid dienone is 1. The Kier molecular flexibility index (Phi) is 5.18. The van der Waals surface area contributed by atoms with E-state index in [1.807, 2.05) is 52.0 Å². The van der Waals surface area contributed by atoms with Crippen LogP contribution in [0.5, 0.6) is 28.7 Å². The molecule has 3 heterocycles. The van der Waals surface area contributed by atoms with Crippen LogP contribution in [0.2, 0.25) is 0 Å². The van der Waals surface area contributed by atoms with E-state index in [1.54, 1.807) is 25.3 Å². The molecule has 0 N–H and O–H groups in total. The van der Waals surface area contributed by atoms with Crippen molar-refractivity contribution < 1.29 is 33.2 Å². The van der Waals surface area contributed by atoms with Crippen molar-refractivity contribution in [3.63, 3.8) is 0 Å². The number of Topliss-reactive ketones (excluding diaryl/α,β-unsaturated/α-hetero) is 1. The number of fused-ring (bicyclic) bond motifs is 5. The maximum Gasteiger partial charge on any atom is 0.289 e. The first-order chi connectivity index (χ1) is 16.6. The largest absolute Gasteiger partial charge is 0.497 e. The fraction of sp³-hybridized carbons (Fsp3) is 0.393. The van der Waals surface area contributed by atoms with Gasteiger partial charge >= 0.3 is 0 Å². The van der Waals surface area contributed by atoms with Crippen LogP contribution >= 0.6 is 0 Å². The van der Waals surface area contributed by atoms with E-state index in [9.17, 15) is 4.79 Å². The van der Waals surface area contributed by atoms with Crippen LogP contribution in [0, 0.1) is 0 Å². The number of methoxy groups -OCH3 is 3. The summed E-state index contributed by atoms with van der Waals surface area (Å²) in [5.41, 5.74) is 0.601. The van der Waals surface area contributed by atoms with Crippen LogP contribution in [0.3, 0.4) is 0 Å². The van der Waals surface area contributed by atoms with E-state index in [4.69, 9.17) is 28.4 Å². The van der Waals surface area contributed by atoms with Crippen LogP contribution in [-0.4, -0.2) is 38.3 Å². The molecule has 7 heteroatoms. The van der Waals surface area contributed by atoms with Crippen molar-refractivity contribution in [2.45, 2.75) is 51.1 Å². The maximum absolute atomic E-state index is 14.5. The Morgan fingerprint density at radius 1 is 0.971 bits per heavy atom. The Morgan fingerprint density at radius 2 is 1.74 bits per heavy atom. The molecule has 0 aliphatic carbocycles. The van der Waals surface area contributed by atoms with Crippen LogP contribution in [0.1, 0.15) is 55.6 Å². The molecule has 2 aromatic rings. The van der Waals surface area contributed by atoms with Gasteiger partial charge in [0.1, 0.15) is 39.9 Å². The van der Waals surface area contributed by atoms with Gasteiger partial charge in [0.15, 0.2) is 0 Å². The van der Waals surface area contributed by atoms with Crippen molar-refractivity contribution in [2.24, 2.45) is 0 Å². The van der Waals surface area contributed by atoms with E-state index in [0.29, 0.717) is 45.4 Å². The van der Waals surface area contributed by atoms with Crippen LogP contribution in [0.25, 0.3) is 6.08 Å². The van der Waals surface area contributed by atoms with Gasteiger partial charge in [0.05, 0.1) is 25.3 Å². The molecule has 184 valence electrons. The van der Waals surface area contributed by atoms with E-state index >= 15 is 0 Å². The number of rotatable bonds is 5. The van der Waals surface area contributed by atoms with E-state index in [-0.39, 0.29) is 12.2 Å². The zero-order chi connectivity index (χ0) is 25.2. The monoisotopic (exact) mass is 478 g/mol. The summed E-state index contributed by atoms with van der Waals surface area (Å²) in [6.07, 6.45) is 6.05. The fourth-order valence-electron chi connectivity index (χ4n) is 5.06. The van der Waals surface area contributed by atoms with Gasteiger partial charge in [0, 0.05) is 25.7 Å². The highest BCUT2D eigenvalue weighted by Gasteiger charge is 2.71. The number of ether oxygens (including phenoxy) is 6. The molecule has 2 atom stereocenters. The first-order valence-corrected chi connectivity index (χ1v) is 11.5. The molecule has 3 aliphatic heterocycles. The van der Waals surface area contributed by atoms with E-state index in [0.717, 1.165) is 5.57 Å². The maximum atomic E-state index is 14.5. The van der Waals surface area contributed by atoms with Crippen molar-refractivity contribution in [2.75, 3.05) is 21.3 Å². The molecule has 2 unspecified atom stereocenters. The molecule has 0 amide bonds. The number of carbonyl (C=O) groups excluding carboxylic acids is 1. The first kappa shape index (κ1) is 23.3. The van der Waals surface area contributed by atoms with Gasteiger partial charge in [0.2, 0.25) is 11.4 Å². The highest BCUT2D eigenvalue weighted by atomic mass is 16.7. The van der Waals surface area contributed by atoms with Gasteiger partial charge in [-0.15, -0.1) is 0 Å². The minimum atomic E-state index is -1.52. The lowest BCUT2D eigenvalue weighted by molar-refractivity contribution is -0.239. The standard InChI is InChI=1S/C28H30O7/c1-16(2)10-13-27-25(29)23-22(15-20-18(24(23)31-6)11-12-26(3,4)33-20)35-28(27,32-7)19-9-8-17(30-5)14-21(19)34-27/h8-12,14-15H,13H2,1-7H3. The third-order valence-electron chi connectivity index (χ3n) is 6.77. The Hall–Kier alpha value is -3.45. The summed E-state index contributed by atoms with van der Waals surface area (Å²) in [5.74, 6) is 0.528. The molecule has 0 radical (unpaired) electrons. The lowest BCUT2D eigenvalue weighted by Crippen LogP contribution is -2.63. The summed E-state index contributed by atoms with van der Waals surface area (Å²) in [5, 5.41) is 0. The van der Waals surface area contributed by atoms with Gasteiger partial charge in [-0.3, -0.25) is 4.79 Å². The van der Waals surface area contributed by atoms with Crippen molar-refractivity contribution in [1.82, 2.24) is 0 Å². The zero-order valence-corrected chi connectivity index (χ0v) is 21.1. The summed E-state index contributed by atoms with van der Waals surface area (Å²) in [6, 6.07) is 7.10. The zero-order valence-electron chi connectivity index (χ0n) is 21.1. The van der Waals surface area contributed by atoms with E-state index < -0.39 is 17.0 Å². The predicted octanol–water partition coefficient (Wildman–Crippen LogP) is 5.45. The van der Waals surface area contributed by atoms with Crippen LogP contribution in [0.15, 0.2) is 42.0 Å². The molecule has 5 rings (SSSR count). The molecule has 0 spiro atoms. The van der Waals surface area contributed by atoms with Crippen molar-refractivity contribution in [3.8, 4) is 28.7 Å². The minimum absolute atomic E-state index is 0.234. The number of hydrogen-bond donors (Lipinski definition) is 0. The molecule has 35 heavy (non-hydrogen) atoms. The number of benzene rings is 2. The Balaban J connectivity index is 1.79. The summed E-state index contributed by atoms with van der Waals surface area (Å²) in [6.45, 7) is 7.86. The van der Waals surface area contributed by atoms with Gasteiger partial charge < -0.3 is 28.4 Å². The Labute approximate surface area is 205 Å². The van der Waals surface area contributed by atoms with Gasteiger partial charge in [0.25, 0.3) is 5.79 Å². The molecule has 0 saturated heterocycles. The summed E-state index contributed by atoms with van der Waals surface area (Å²) >= 11 is 0. The number of ketones is 1. The van der Waals surface area contributed by atoms with Crippen LogP contribution in [-0.2, 0) is 10.5 Å². The van der Waals surface area contributed by atoms with Crippen LogP contribution < -0.4 is 23.7 Å². The smallest absolute Gasteiger partial charge is 0.289 e. The van der Waals surface area contributed by atoms with Gasteiger partial charge in [-0.2, -0.15) is 0 Å². The second-order valence-corrected chi connectivity index (χ2v) is 9.76. The van der Waals surface area contributed by atoms with Crippen molar-refractivity contribution >= 4 is 11.9 Å². The molecular formula is C28H30O7. The molecule has 2 aromatic carbocycles. The predicted molar refractivity (Wildman–Crippen MR) is 131 cm³/mol. The van der Waals surface area contributed by atoms with Gasteiger partial charge in [-0.1, -0.05) is 11.6 Å².